The number of carbonyl (C=O) groups excluding carboxylic acids is 4. The minimum absolute atomic E-state index is 0.00494. The molecule has 2 aromatic rings. The lowest BCUT2D eigenvalue weighted by molar-refractivity contribution is -0.146. The average molecular weight is 492 g/mol. The molecule has 1 fully saturated rings. The van der Waals surface area contributed by atoms with E-state index in [4.69, 9.17) is 9.15 Å². The summed E-state index contributed by atoms with van der Waals surface area (Å²) in [6.07, 6.45) is 1.50. The molecule has 0 unspecified atom stereocenters. The molecule has 0 saturated carbocycles. The second-order valence-corrected chi connectivity index (χ2v) is 8.29. The minimum Gasteiger partial charge on any atom is -0.467 e. The fourth-order valence-corrected chi connectivity index (χ4v) is 3.82. The molecule has 1 aromatic carbocycles. The Bertz CT molecular complexity index is 1090. The number of esters is 1. The second-order valence-electron chi connectivity index (χ2n) is 8.29. The molecule has 1 aromatic heterocycles. The normalized spacial score (nSPS) is 18.2. The van der Waals surface area contributed by atoms with Gasteiger partial charge in [0.2, 0.25) is 5.91 Å². The van der Waals surface area contributed by atoms with Crippen molar-refractivity contribution in [1.82, 2.24) is 15.5 Å². The molecule has 3 N–H and O–H groups in total. The van der Waals surface area contributed by atoms with Crippen molar-refractivity contribution in [2.45, 2.75) is 38.4 Å². The number of ether oxygens (including phenoxy) is 1. The van der Waals surface area contributed by atoms with Gasteiger partial charge in [-0.25, -0.2) is 18.4 Å². The van der Waals surface area contributed by atoms with E-state index in [1.165, 1.54) is 30.4 Å². The molecule has 0 aliphatic carbocycles. The Morgan fingerprint density at radius 3 is 2.51 bits per heavy atom. The molecule has 188 valence electrons. The van der Waals surface area contributed by atoms with Crippen LogP contribution in [-0.4, -0.2) is 60.5 Å². The first kappa shape index (κ1) is 25.7. The molecular weight excluding hydrogens is 466 g/mol. The first-order chi connectivity index (χ1) is 16.6. The first-order valence-electron chi connectivity index (χ1n) is 10.9. The van der Waals surface area contributed by atoms with Crippen LogP contribution in [0.5, 0.6) is 0 Å². The number of nitrogens with zero attached hydrogens (tertiary/aromatic N) is 1. The fraction of sp³-hybridized carbons (Fsp3) is 0.391. The van der Waals surface area contributed by atoms with Gasteiger partial charge in [-0.15, -0.1) is 0 Å². The van der Waals surface area contributed by atoms with Crippen LogP contribution in [0.25, 0.3) is 0 Å². The van der Waals surface area contributed by atoms with Gasteiger partial charge in [0.15, 0.2) is 5.76 Å². The number of furan rings is 1. The van der Waals surface area contributed by atoms with Gasteiger partial charge in [-0.05, 0) is 36.6 Å². The number of hydrogen-bond donors (Lipinski definition) is 3. The van der Waals surface area contributed by atoms with Crippen molar-refractivity contribution >= 4 is 29.5 Å². The summed E-state index contributed by atoms with van der Waals surface area (Å²) in [4.78, 5) is 52.2. The highest BCUT2D eigenvalue weighted by molar-refractivity contribution is 5.98. The van der Waals surface area contributed by atoms with E-state index < -0.39 is 53.6 Å². The van der Waals surface area contributed by atoms with Crippen LogP contribution >= 0.6 is 0 Å². The molecule has 0 radical (unpaired) electrons. The van der Waals surface area contributed by atoms with Gasteiger partial charge in [-0.3, -0.25) is 9.59 Å². The van der Waals surface area contributed by atoms with Crippen LogP contribution in [0.2, 0.25) is 0 Å². The van der Waals surface area contributed by atoms with Gasteiger partial charge in [0, 0.05) is 12.6 Å². The summed E-state index contributed by atoms with van der Waals surface area (Å²) in [5, 5.41) is 7.42. The summed E-state index contributed by atoms with van der Waals surface area (Å²) in [6.45, 7) is 3.52. The van der Waals surface area contributed by atoms with Gasteiger partial charge in [-0.1, -0.05) is 13.8 Å². The van der Waals surface area contributed by atoms with Crippen LogP contribution in [-0.2, 0) is 14.3 Å². The number of amides is 4. The monoisotopic (exact) mass is 492 g/mol. The highest BCUT2D eigenvalue weighted by Crippen LogP contribution is 2.23. The maximum absolute atomic E-state index is 13.9. The third-order valence-corrected chi connectivity index (χ3v) is 5.57. The number of rotatable bonds is 7. The van der Waals surface area contributed by atoms with E-state index in [1.807, 2.05) is 0 Å². The molecule has 4 amide bonds. The number of nitrogens with one attached hydrogen (secondary N) is 3. The molecule has 1 saturated heterocycles. The zero-order chi connectivity index (χ0) is 25.7. The molecule has 3 atom stereocenters. The molecule has 0 bridgehead atoms. The van der Waals surface area contributed by atoms with E-state index in [2.05, 4.69) is 16.0 Å². The molecule has 10 nitrogen and oxygen atoms in total. The number of urea groups is 1. The number of anilines is 1. The Morgan fingerprint density at radius 2 is 1.91 bits per heavy atom. The molecule has 0 spiro atoms. The van der Waals surface area contributed by atoms with Crippen molar-refractivity contribution in [2.24, 2.45) is 5.92 Å². The highest BCUT2D eigenvalue weighted by Gasteiger charge is 2.44. The van der Waals surface area contributed by atoms with Crippen LogP contribution in [0.15, 0.2) is 41.0 Å². The van der Waals surface area contributed by atoms with Crippen molar-refractivity contribution in [3.05, 3.63) is 54.0 Å². The highest BCUT2D eigenvalue weighted by atomic mass is 19.1. The topological polar surface area (TPSA) is 130 Å². The van der Waals surface area contributed by atoms with Gasteiger partial charge in [-0.2, -0.15) is 0 Å². The summed E-state index contributed by atoms with van der Waals surface area (Å²) in [5.74, 6) is -4.04. The van der Waals surface area contributed by atoms with E-state index in [-0.39, 0.29) is 30.3 Å². The van der Waals surface area contributed by atoms with Crippen molar-refractivity contribution < 1.29 is 37.1 Å². The van der Waals surface area contributed by atoms with Gasteiger partial charge in [0.25, 0.3) is 5.91 Å². The summed E-state index contributed by atoms with van der Waals surface area (Å²) in [7, 11) is 1.19. The van der Waals surface area contributed by atoms with Crippen LogP contribution in [0.4, 0.5) is 19.3 Å². The number of benzene rings is 1. The van der Waals surface area contributed by atoms with Crippen LogP contribution in [0, 0.1) is 17.6 Å². The quantitative estimate of drug-likeness (QED) is 0.509. The maximum atomic E-state index is 13.9. The summed E-state index contributed by atoms with van der Waals surface area (Å²) < 4.78 is 37.0. The molecule has 3 rings (SSSR count). The van der Waals surface area contributed by atoms with Crippen molar-refractivity contribution in [3.63, 3.8) is 0 Å². The second kappa shape index (κ2) is 11.0. The van der Waals surface area contributed by atoms with Crippen molar-refractivity contribution in [1.29, 1.82) is 0 Å². The molecule has 1 aliphatic rings. The lowest BCUT2D eigenvalue weighted by atomic mass is 10.0. The first-order valence-corrected chi connectivity index (χ1v) is 10.9. The maximum Gasteiger partial charge on any atom is 0.328 e. The van der Waals surface area contributed by atoms with Gasteiger partial charge >= 0.3 is 12.0 Å². The predicted octanol–water partition coefficient (Wildman–Crippen LogP) is 2.28. The zero-order valence-corrected chi connectivity index (χ0v) is 19.3. The average Bonchev–Trinajstić information content (AvgIpc) is 3.48. The lowest BCUT2D eigenvalue weighted by Gasteiger charge is -2.29. The summed E-state index contributed by atoms with van der Waals surface area (Å²) in [5.41, 5.74) is -0.267. The van der Waals surface area contributed by atoms with E-state index in [0.29, 0.717) is 6.07 Å². The molecule has 12 heteroatoms. The molecule has 2 heterocycles. The standard InChI is InChI=1S/C23H26F2N4O6/c1-12(2)18(22(32)34-3)28-20(30)19-16(8-9-29(19)21(31)17-5-4-10-35-17)27-23(33)26-15-7-6-13(24)11-14(15)25/h4-7,10-12,16,18-19H,8-9H2,1-3H3,(H,28,30)(H2,26,27,33)/t16-,18+,19-/m0/s1. The number of carbonyl (C=O) groups is 4. The largest absolute Gasteiger partial charge is 0.467 e. The van der Waals surface area contributed by atoms with Crippen molar-refractivity contribution in [3.8, 4) is 0 Å². The molecular formula is C23H26F2N4O6. The Hall–Kier alpha value is -3.96. The zero-order valence-electron chi connectivity index (χ0n) is 19.3. The van der Waals surface area contributed by atoms with Crippen LogP contribution in [0.1, 0.15) is 30.8 Å². The number of hydrogen-bond acceptors (Lipinski definition) is 6. The van der Waals surface area contributed by atoms with E-state index >= 15 is 0 Å². The Kier molecular flexibility index (Phi) is 8.05. The lowest BCUT2D eigenvalue weighted by Crippen LogP contribution is -2.58. The van der Waals surface area contributed by atoms with Crippen LogP contribution in [0.3, 0.4) is 0 Å². The summed E-state index contributed by atoms with van der Waals surface area (Å²) in [6, 6.07) is 1.66. The third kappa shape index (κ3) is 5.94. The third-order valence-electron chi connectivity index (χ3n) is 5.57. The van der Waals surface area contributed by atoms with Gasteiger partial charge < -0.3 is 30.0 Å². The Morgan fingerprint density at radius 1 is 1.17 bits per heavy atom. The minimum atomic E-state index is -1.21. The van der Waals surface area contributed by atoms with Gasteiger partial charge in [0.1, 0.15) is 23.7 Å². The Labute approximate surface area is 200 Å². The van der Waals surface area contributed by atoms with E-state index in [1.54, 1.807) is 13.8 Å². The number of halogens is 2. The van der Waals surface area contributed by atoms with Gasteiger partial charge in [0.05, 0.1) is 25.1 Å². The SMILES string of the molecule is COC(=O)[C@H](NC(=O)[C@@H]1[C@@H](NC(=O)Nc2ccc(F)cc2F)CCN1C(=O)c1ccco1)C(C)C. The fourth-order valence-electron chi connectivity index (χ4n) is 3.82. The Balaban J connectivity index is 1.81. The van der Waals surface area contributed by atoms with Crippen molar-refractivity contribution in [2.75, 3.05) is 19.0 Å². The summed E-state index contributed by atoms with van der Waals surface area (Å²) >= 11 is 0. The van der Waals surface area contributed by atoms with E-state index in [0.717, 1.165) is 12.1 Å². The number of methoxy groups -OCH3 is 1. The molecule has 35 heavy (non-hydrogen) atoms. The van der Waals surface area contributed by atoms with Crippen LogP contribution < -0.4 is 16.0 Å². The molecule has 1 aliphatic heterocycles. The smallest absolute Gasteiger partial charge is 0.328 e. The number of likely N-dealkylation sites (tertiary alicyclic amines) is 1. The van der Waals surface area contributed by atoms with E-state index in [9.17, 15) is 28.0 Å². The predicted molar refractivity (Wildman–Crippen MR) is 119 cm³/mol.